The summed E-state index contributed by atoms with van der Waals surface area (Å²) >= 11 is 1.96. The van der Waals surface area contributed by atoms with Crippen LogP contribution in [0.25, 0.3) is 0 Å². The fraction of sp³-hybridized carbons (Fsp3) is 0.750. The van der Waals surface area contributed by atoms with Crippen LogP contribution in [0.4, 0.5) is 0 Å². The Kier molecular flexibility index (Phi) is 8.35. The van der Waals surface area contributed by atoms with E-state index < -0.39 is 0 Å². The van der Waals surface area contributed by atoms with Gasteiger partial charge in [0.15, 0.2) is 0 Å². The topological polar surface area (TPSA) is 15.3 Å². The Morgan fingerprint density at radius 2 is 1.95 bits per heavy atom. The lowest BCUT2D eigenvalue weighted by Crippen LogP contribution is -2.32. The first-order valence-corrected chi connectivity index (χ1v) is 8.55. The molecule has 1 heterocycles. The van der Waals surface area contributed by atoms with Gasteiger partial charge in [-0.1, -0.05) is 27.2 Å². The van der Waals surface area contributed by atoms with Crippen LogP contribution in [0.15, 0.2) is 12.1 Å². The summed E-state index contributed by atoms with van der Waals surface area (Å²) in [5.41, 5.74) is 0. The maximum Gasteiger partial charge on any atom is 0.0330 e. The Labute approximate surface area is 123 Å². The first-order valence-electron chi connectivity index (χ1n) is 7.73. The average Bonchev–Trinajstić information content (AvgIpc) is 2.87. The monoisotopic (exact) mass is 282 g/mol. The van der Waals surface area contributed by atoms with E-state index in [9.17, 15) is 0 Å². The number of rotatable bonds is 10. The zero-order valence-electron chi connectivity index (χ0n) is 13.0. The molecular weight excluding hydrogens is 252 g/mol. The van der Waals surface area contributed by atoms with Crippen molar-refractivity contribution in [3.05, 3.63) is 21.9 Å². The van der Waals surface area contributed by atoms with Gasteiger partial charge < -0.3 is 5.32 Å². The fourth-order valence-corrected chi connectivity index (χ4v) is 3.14. The Morgan fingerprint density at radius 3 is 2.58 bits per heavy atom. The van der Waals surface area contributed by atoms with Gasteiger partial charge in [-0.25, -0.2) is 0 Å². The van der Waals surface area contributed by atoms with E-state index >= 15 is 0 Å². The molecule has 1 rings (SSSR count). The van der Waals surface area contributed by atoms with E-state index in [2.05, 4.69) is 50.0 Å². The highest BCUT2D eigenvalue weighted by atomic mass is 32.1. The molecule has 0 fully saturated rings. The van der Waals surface area contributed by atoms with Crippen molar-refractivity contribution >= 4 is 11.3 Å². The highest BCUT2D eigenvalue weighted by Gasteiger charge is 2.13. The van der Waals surface area contributed by atoms with Crippen LogP contribution in [-0.2, 0) is 13.1 Å². The molecule has 0 aliphatic rings. The van der Waals surface area contributed by atoms with Gasteiger partial charge >= 0.3 is 0 Å². The van der Waals surface area contributed by atoms with Crippen LogP contribution in [0.3, 0.4) is 0 Å². The largest absolute Gasteiger partial charge is 0.312 e. The molecule has 0 saturated carbocycles. The van der Waals surface area contributed by atoms with E-state index in [0.29, 0.717) is 6.04 Å². The summed E-state index contributed by atoms with van der Waals surface area (Å²) in [6.45, 7) is 13.5. The van der Waals surface area contributed by atoms with Gasteiger partial charge in [0.05, 0.1) is 0 Å². The summed E-state index contributed by atoms with van der Waals surface area (Å²) in [6.07, 6.45) is 3.82. The predicted octanol–water partition coefficient (Wildman–Crippen LogP) is 4.26. The first kappa shape index (κ1) is 16.7. The van der Waals surface area contributed by atoms with Gasteiger partial charge in [0.25, 0.3) is 0 Å². The van der Waals surface area contributed by atoms with E-state index in [0.717, 1.165) is 19.6 Å². The summed E-state index contributed by atoms with van der Waals surface area (Å²) in [6, 6.07) is 5.27. The van der Waals surface area contributed by atoms with Crippen LogP contribution in [0.1, 0.15) is 56.7 Å². The molecule has 3 heteroatoms. The van der Waals surface area contributed by atoms with E-state index in [4.69, 9.17) is 0 Å². The molecule has 1 aromatic rings. The molecule has 0 spiro atoms. The number of nitrogens with zero attached hydrogens (tertiary/aromatic N) is 1. The van der Waals surface area contributed by atoms with Crippen molar-refractivity contribution < 1.29 is 0 Å². The molecule has 1 N–H and O–H groups in total. The molecule has 1 unspecified atom stereocenters. The van der Waals surface area contributed by atoms with Crippen molar-refractivity contribution in [3.63, 3.8) is 0 Å². The van der Waals surface area contributed by atoms with Gasteiger partial charge in [-0.2, -0.15) is 0 Å². The summed E-state index contributed by atoms with van der Waals surface area (Å²) in [5.74, 6) is 0. The SMILES string of the molecule is CCCCN(Cc1ccc(CNCC)s1)C(C)CC. The third-order valence-corrected chi connectivity index (χ3v) is 4.71. The van der Waals surface area contributed by atoms with Crippen molar-refractivity contribution in [3.8, 4) is 0 Å². The molecule has 0 aliphatic carbocycles. The van der Waals surface area contributed by atoms with Crippen LogP contribution in [0.2, 0.25) is 0 Å². The molecule has 19 heavy (non-hydrogen) atoms. The zero-order chi connectivity index (χ0) is 14.1. The van der Waals surface area contributed by atoms with Gasteiger partial charge in [-0.3, -0.25) is 4.90 Å². The van der Waals surface area contributed by atoms with Crippen molar-refractivity contribution in [1.82, 2.24) is 10.2 Å². The third kappa shape index (κ3) is 6.07. The molecule has 1 atom stereocenters. The zero-order valence-corrected chi connectivity index (χ0v) is 13.9. The van der Waals surface area contributed by atoms with Crippen molar-refractivity contribution in [1.29, 1.82) is 0 Å². The molecular formula is C16H30N2S. The number of unbranched alkanes of at least 4 members (excludes halogenated alkanes) is 1. The molecule has 0 saturated heterocycles. The highest BCUT2D eigenvalue weighted by molar-refractivity contribution is 7.11. The molecule has 0 amide bonds. The van der Waals surface area contributed by atoms with Crippen molar-refractivity contribution in [2.45, 2.75) is 66.1 Å². The van der Waals surface area contributed by atoms with Gasteiger partial charge in [-0.05, 0) is 45.0 Å². The number of hydrogen-bond acceptors (Lipinski definition) is 3. The summed E-state index contributed by atoms with van der Waals surface area (Å²) < 4.78 is 0. The second kappa shape index (κ2) is 9.51. The Morgan fingerprint density at radius 1 is 1.21 bits per heavy atom. The minimum absolute atomic E-state index is 0.686. The lowest BCUT2D eigenvalue weighted by molar-refractivity contribution is 0.194. The smallest absolute Gasteiger partial charge is 0.0330 e. The second-order valence-electron chi connectivity index (χ2n) is 5.23. The van der Waals surface area contributed by atoms with Crippen LogP contribution in [-0.4, -0.2) is 24.0 Å². The minimum atomic E-state index is 0.686. The predicted molar refractivity (Wildman–Crippen MR) is 86.8 cm³/mol. The maximum absolute atomic E-state index is 3.40. The molecule has 110 valence electrons. The van der Waals surface area contributed by atoms with Crippen LogP contribution in [0, 0.1) is 0 Å². The van der Waals surface area contributed by atoms with E-state index in [1.54, 1.807) is 0 Å². The molecule has 1 aromatic heterocycles. The van der Waals surface area contributed by atoms with E-state index in [-0.39, 0.29) is 0 Å². The summed E-state index contributed by atoms with van der Waals surface area (Å²) in [7, 11) is 0. The van der Waals surface area contributed by atoms with Crippen LogP contribution >= 0.6 is 11.3 Å². The Bertz CT molecular complexity index is 335. The van der Waals surface area contributed by atoms with E-state index in [1.807, 2.05) is 11.3 Å². The van der Waals surface area contributed by atoms with Crippen LogP contribution in [0.5, 0.6) is 0 Å². The van der Waals surface area contributed by atoms with Crippen LogP contribution < -0.4 is 5.32 Å². The lowest BCUT2D eigenvalue weighted by atomic mass is 10.2. The van der Waals surface area contributed by atoms with Gasteiger partial charge in [0.1, 0.15) is 0 Å². The standard InChI is InChI=1S/C16H30N2S/c1-5-8-11-18(14(4)6-2)13-16-10-9-15(19-16)12-17-7-3/h9-10,14,17H,5-8,11-13H2,1-4H3. The van der Waals surface area contributed by atoms with Gasteiger partial charge in [0.2, 0.25) is 0 Å². The molecule has 0 bridgehead atoms. The number of nitrogens with one attached hydrogen (secondary N) is 1. The quantitative estimate of drug-likeness (QED) is 0.690. The summed E-state index contributed by atoms with van der Waals surface area (Å²) in [5, 5.41) is 3.40. The normalized spacial score (nSPS) is 13.1. The van der Waals surface area contributed by atoms with Gasteiger partial charge in [-0.15, -0.1) is 11.3 Å². The molecule has 0 radical (unpaired) electrons. The van der Waals surface area contributed by atoms with Gasteiger partial charge in [0, 0.05) is 28.9 Å². The van der Waals surface area contributed by atoms with Crippen molar-refractivity contribution in [2.24, 2.45) is 0 Å². The van der Waals surface area contributed by atoms with E-state index in [1.165, 1.54) is 35.6 Å². The molecule has 0 aliphatic heterocycles. The maximum atomic E-state index is 3.40. The number of hydrogen-bond donors (Lipinski definition) is 1. The fourth-order valence-electron chi connectivity index (χ4n) is 2.13. The lowest BCUT2D eigenvalue weighted by Gasteiger charge is -2.27. The highest BCUT2D eigenvalue weighted by Crippen LogP contribution is 2.20. The average molecular weight is 282 g/mol. The third-order valence-electron chi connectivity index (χ3n) is 3.64. The Hall–Kier alpha value is -0.380. The van der Waals surface area contributed by atoms with Crippen molar-refractivity contribution in [2.75, 3.05) is 13.1 Å². The minimum Gasteiger partial charge on any atom is -0.312 e. The molecule has 2 nitrogen and oxygen atoms in total. The first-order chi connectivity index (χ1) is 9.21. The second-order valence-corrected chi connectivity index (χ2v) is 6.48. The summed E-state index contributed by atoms with van der Waals surface area (Å²) in [4.78, 5) is 5.59. The molecule has 0 aromatic carbocycles. The Balaban J connectivity index is 2.54. The number of thiophene rings is 1.